The van der Waals surface area contributed by atoms with E-state index in [1.165, 1.54) is 6.42 Å². The maximum absolute atomic E-state index is 6.27. The number of piperazine rings is 1. The molecule has 1 aromatic heterocycles. The smallest absolute Gasteiger partial charge is 0.129 e. The number of halogens is 1. The molecule has 4 nitrogen and oxygen atoms in total. The van der Waals surface area contributed by atoms with E-state index in [1.54, 1.807) is 6.20 Å². The van der Waals surface area contributed by atoms with Gasteiger partial charge in [0.15, 0.2) is 0 Å². The summed E-state index contributed by atoms with van der Waals surface area (Å²) in [6.07, 6.45) is 2.95. The molecule has 1 aliphatic rings. The first-order chi connectivity index (χ1) is 10.0. The third kappa shape index (κ3) is 4.31. The standard InChI is InChI=1S/C16H27ClN4/c1-5-14-11-21(7-6-20(14)4)16-8-13(9-18-12(2)3)15(17)10-19-16/h8,10,12,14,18H,5-7,9,11H2,1-4H3. The molecule has 0 amide bonds. The van der Waals surface area contributed by atoms with Crippen molar-refractivity contribution in [3.8, 4) is 0 Å². The van der Waals surface area contributed by atoms with Gasteiger partial charge in [-0.25, -0.2) is 4.98 Å². The van der Waals surface area contributed by atoms with Gasteiger partial charge < -0.3 is 10.2 Å². The van der Waals surface area contributed by atoms with Crippen LogP contribution in [0.5, 0.6) is 0 Å². The highest BCUT2D eigenvalue weighted by Crippen LogP contribution is 2.23. The molecule has 0 radical (unpaired) electrons. The number of hydrogen-bond donors (Lipinski definition) is 1. The van der Waals surface area contributed by atoms with Crippen LogP contribution < -0.4 is 10.2 Å². The van der Waals surface area contributed by atoms with Crippen molar-refractivity contribution in [2.24, 2.45) is 0 Å². The monoisotopic (exact) mass is 310 g/mol. The third-order valence-corrected chi connectivity index (χ3v) is 4.53. The summed E-state index contributed by atoms with van der Waals surface area (Å²) in [5, 5.41) is 4.16. The topological polar surface area (TPSA) is 31.4 Å². The zero-order valence-electron chi connectivity index (χ0n) is 13.6. The van der Waals surface area contributed by atoms with Crippen molar-refractivity contribution in [2.75, 3.05) is 31.6 Å². The number of likely N-dealkylation sites (N-methyl/N-ethyl adjacent to an activating group) is 1. The molecule has 0 aliphatic carbocycles. The lowest BCUT2D eigenvalue weighted by Crippen LogP contribution is -2.51. The van der Waals surface area contributed by atoms with Crippen LogP contribution in [0.3, 0.4) is 0 Å². The van der Waals surface area contributed by atoms with Gasteiger partial charge in [-0.3, -0.25) is 4.90 Å². The molecule has 1 saturated heterocycles. The van der Waals surface area contributed by atoms with E-state index in [0.717, 1.165) is 42.6 Å². The van der Waals surface area contributed by atoms with Crippen LogP contribution in [0.1, 0.15) is 32.8 Å². The van der Waals surface area contributed by atoms with E-state index in [-0.39, 0.29) is 0 Å². The second kappa shape index (κ2) is 7.43. The van der Waals surface area contributed by atoms with Crippen LogP contribution in [0, 0.1) is 0 Å². The van der Waals surface area contributed by atoms with Crippen molar-refractivity contribution in [1.82, 2.24) is 15.2 Å². The fraction of sp³-hybridized carbons (Fsp3) is 0.688. The molecule has 0 bridgehead atoms. The fourth-order valence-electron chi connectivity index (χ4n) is 2.69. The zero-order chi connectivity index (χ0) is 15.4. The Labute approximate surface area is 133 Å². The van der Waals surface area contributed by atoms with Crippen LogP contribution in [-0.4, -0.2) is 48.6 Å². The Hall–Kier alpha value is -0.840. The molecule has 1 unspecified atom stereocenters. The number of nitrogens with zero attached hydrogens (tertiary/aromatic N) is 3. The van der Waals surface area contributed by atoms with E-state index in [4.69, 9.17) is 11.6 Å². The van der Waals surface area contributed by atoms with E-state index < -0.39 is 0 Å². The first-order valence-electron chi connectivity index (χ1n) is 7.84. The predicted molar refractivity (Wildman–Crippen MR) is 90.1 cm³/mol. The van der Waals surface area contributed by atoms with Gasteiger partial charge in [-0.2, -0.15) is 0 Å². The van der Waals surface area contributed by atoms with Crippen molar-refractivity contribution in [1.29, 1.82) is 0 Å². The van der Waals surface area contributed by atoms with Gasteiger partial charge in [0, 0.05) is 44.5 Å². The minimum absolute atomic E-state index is 0.450. The molecule has 21 heavy (non-hydrogen) atoms. The van der Waals surface area contributed by atoms with E-state index in [1.807, 2.05) is 0 Å². The van der Waals surface area contributed by atoms with Crippen LogP contribution in [0.4, 0.5) is 5.82 Å². The lowest BCUT2D eigenvalue weighted by molar-refractivity contribution is 0.213. The number of rotatable bonds is 5. The van der Waals surface area contributed by atoms with Crippen molar-refractivity contribution >= 4 is 17.4 Å². The quantitative estimate of drug-likeness (QED) is 0.906. The largest absolute Gasteiger partial charge is 0.354 e. The van der Waals surface area contributed by atoms with Crippen molar-refractivity contribution in [3.05, 3.63) is 22.8 Å². The van der Waals surface area contributed by atoms with E-state index in [2.05, 4.69) is 54.0 Å². The second-order valence-electron chi connectivity index (χ2n) is 6.16. The predicted octanol–water partition coefficient (Wildman–Crippen LogP) is 2.76. The van der Waals surface area contributed by atoms with Crippen LogP contribution >= 0.6 is 11.6 Å². The first kappa shape index (κ1) is 16.5. The molecule has 2 heterocycles. The van der Waals surface area contributed by atoms with Gasteiger partial charge in [0.1, 0.15) is 5.82 Å². The second-order valence-corrected chi connectivity index (χ2v) is 6.57. The van der Waals surface area contributed by atoms with Crippen LogP contribution in [-0.2, 0) is 6.54 Å². The average Bonchev–Trinajstić information content (AvgIpc) is 2.47. The lowest BCUT2D eigenvalue weighted by atomic mass is 10.1. The Balaban J connectivity index is 2.11. The number of pyridine rings is 1. The molecule has 1 fully saturated rings. The Morgan fingerprint density at radius 3 is 2.86 bits per heavy atom. The summed E-state index contributed by atoms with van der Waals surface area (Å²) in [6.45, 7) is 10.5. The lowest BCUT2D eigenvalue weighted by Gasteiger charge is -2.39. The zero-order valence-corrected chi connectivity index (χ0v) is 14.3. The number of hydrogen-bond acceptors (Lipinski definition) is 4. The molecule has 0 aromatic carbocycles. The molecule has 1 atom stereocenters. The van der Waals surface area contributed by atoms with Crippen LogP contribution in [0.2, 0.25) is 5.02 Å². The molecule has 118 valence electrons. The highest BCUT2D eigenvalue weighted by Gasteiger charge is 2.24. The average molecular weight is 311 g/mol. The summed E-state index contributed by atoms with van der Waals surface area (Å²) in [6, 6.07) is 3.19. The van der Waals surface area contributed by atoms with Crippen LogP contribution in [0.15, 0.2) is 12.3 Å². The first-order valence-corrected chi connectivity index (χ1v) is 8.22. The Morgan fingerprint density at radius 1 is 1.43 bits per heavy atom. The van der Waals surface area contributed by atoms with Gasteiger partial charge in [-0.15, -0.1) is 0 Å². The Bertz CT molecular complexity index is 464. The van der Waals surface area contributed by atoms with Crippen molar-refractivity contribution in [2.45, 2.75) is 45.8 Å². The van der Waals surface area contributed by atoms with Gasteiger partial charge >= 0.3 is 0 Å². The van der Waals surface area contributed by atoms with Gasteiger partial charge in [-0.05, 0) is 25.1 Å². The number of aromatic nitrogens is 1. The molecule has 1 aromatic rings. The minimum atomic E-state index is 0.450. The highest BCUT2D eigenvalue weighted by molar-refractivity contribution is 6.31. The van der Waals surface area contributed by atoms with Gasteiger partial charge in [-0.1, -0.05) is 32.4 Å². The summed E-state index contributed by atoms with van der Waals surface area (Å²) in [5.74, 6) is 1.05. The van der Waals surface area contributed by atoms with Crippen LogP contribution in [0.25, 0.3) is 0 Å². The van der Waals surface area contributed by atoms with E-state index in [9.17, 15) is 0 Å². The van der Waals surface area contributed by atoms with Crippen molar-refractivity contribution < 1.29 is 0 Å². The summed E-state index contributed by atoms with van der Waals surface area (Å²) < 4.78 is 0. The van der Waals surface area contributed by atoms with Gasteiger partial charge in [0.05, 0.1) is 5.02 Å². The Morgan fingerprint density at radius 2 is 2.19 bits per heavy atom. The van der Waals surface area contributed by atoms with E-state index in [0.29, 0.717) is 12.1 Å². The number of nitrogens with one attached hydrogen (secondary N) is 1. The normalized spacial score (nSPS) is 20.3. The Kier molecular flexibility index (Phi) is 5.85. The number of anilines is 1. The molecular weight excluding hydrogens is 284 g/mol. The maximum Gasteiger partial charge on any atom is 0.129 e. The summed E-state index contributed by atoms with van der Waals surface area (Å²) in [5.41, 5.74) is 1.13. The van der Waals surface area contributed by atoms with Gasteiger partial charge in [0.25, 0.3) is 0 Å². The molecule has 0 saturated carbocycles. The molecule has 1 aliphatic heterocycles. The summed E-state index contributed by atoms with van der Waals surface area (Å²) in [4.78, 5) is 9.35. The molecule has 0 spiro atoms. The van der Waals surface area contributed by atoms with Gasteiger partial charge in [0.2, 0.25) is 0 Å². The summed E-state index contributed by atoms with van der Waals surface area (Å²) >= 11 is 6.27. The fourth-order valence-corrected chi connectivity index (χ4v) is 2.86. The van der Waals surface area contributed by atoms with Crippen molar-refractivity contribution in [3.63, 3.8) is 0 Å². The van der Waals surface area contributed by atoms with E-state index >= 15 is 0 Å². The minimum Gasteiger partial charge on any atom is -0.354 e. The molecule has 2 rings (SSSR count). The third-order valence-electron chi connectivity index (χ3n) is 4.19. The molecule has 5 heteroatoms. The maximum atomic E-state index is 6.27. The molecular formula is C16H27ClN4. The SMILES string of the molecule is CCC1CN(c2cc(CNC(C)C)c(Cl)cn2)CCN1C. The molecule has 1 N–H and O–H groups in total. The highest BCUT2D eigenvalue weighted by atomic mass is 35.5. The summed E-state index contributed by atoms with van der Waals surface area (Å²) in [7, 11) is 2.21.